The number of hydrogen-bond donors (Lipinski definition) is 3. The van der Waals surface area contributed by atoms with E-state index in [1.165, 1.54) is 6.42 Å². The second kappa shape index (κ2) is 7.42. The quantitative estimate of drug-likeness (QED) is 0.507. The van der Waals surface area contributed by atoms with Crippen LogP contribution in [0.2, 0.25) is 0 Å². The molecule has 21 heavy (non-hydrogen) atoms. The Bertz CT molecular complexity index is 472. The van der Waals surface area contributed by atoms with Crippen LogP contribution in [0.4, 0.5) is 0 Å². The van der Waals surface area contributed by atoms with Gasteiger partial charge in [0.1, 0.15) is 0 Å². The summed E-state index contributed by atoms with van der Waals surface area (Å²) in [7, 11) is 5.73. The molecule has 7 nitrogen and oxygen atoms in total. The molecule has 2 rings (SSSR count). The highest BCUT2D eigenvalue weighted by atomic mass is 16.3. The van der Waals surface area contributed by atoms with E-state index in [0.717, 1.165) is 31.2 Å². The van der Waals surface area contributed by atoms with Crippen LogP contribution in [-0.2, 0) is 7.05 Å². The van der Waals surface area contributed by atoms with Crippen molar-refractivity contribution >= 4 is 5.96 Å². The highest BCUT2D eigenvalue weighted by Gasteiger charge is 2.19. The summed E-state index contributed by atoms with van der Waals surface area (Å²) in [5, 5.41) is 20.6. The van der Waals surface area contributed by atoms with E-state index >= 15 is 0 Å². The zero-order valence-corrected chi connectivity index (χ0v) is 13.1. The van der Waals surface area contributed by atoms with Crippen LogP contribution in [-0.4, -0.2) is 66.0 Å². The Labute approximate surface area is 126 Å². The van der Waals surface area contributed by atoms with Crippen molar-refractivity contribution in [3.8, 4) is 0 Å². The van der Waals surface area contributed by atoms with Crippen LogP contribution < -0.4 is 10.6 Å². The number of nitrogens with one attached hydrogen (secondary N) is 2. The molecular weight excluding hydrogens is 268 g/mol. The van der Waals surface area contributed by atoms with Gasteiger partial charge in [-0.15, -0.1) is 0 Å². The number of nitrogens with zero attached hydrogens (tertiary/aromatic N) is 4. The van der Waals surface area contributed by atoms with Crippen molar-refractivity contribution in [1.29, 1.82) is 0 Å². The molecule has 0 radical (unpaired) electrons. The third-order valence-corrected chi connectivity index (χ3v) is 3.84. The summed E-state index contributed by atoms with van der Waals surface area (Å²) in [4.78, 5) is 6.53. The van der Waals surface area contributed by atoms with Crippen molar-refractivity contribution < 1.29 is 5.11 Å². The van der Waals surface area contributed by atoms with E-state index in [0.29, 0.717) is 12.5 Å². The number of aliphatic hydroxyl groups excluding tert-OH is 1. The first-order valence-electron chi connectivity index (χ1n) is 7.38. The van der Waals surface area contributed by atoms with Crippen molar-refractivity contribution in [2.45, 2.75) is 12.5 Å². The molecule has 1 aliphatic heterocycles. The van der Waals surface area contributed by atoms with E-state index in [9.17, 15) is 5.11 Å². The van der Waals surface area contributed by atoms with Crippen molar-refractivity contribution in [3.63, 3.8) is 0 Å². The monoisotopic (exact) mass is 294 g/mol. The maximum atomic E-state index is 10.1. The lowest BCUT2D eigenvalue weighted by atomic mass is 10.1. The predicted molar refractivity (Wildman–Crippen MR) is 83.1 cm³/mol. The molecule has 0 aromatic carbocycles. The molecule has 0 bridgehead atoms. The Hall–Kier alpha value is -1.60. The predicted octanol–water partition coefficient (Wildman–Crippen LogP) is -0.430. The minimum absolute atomic E-state index is 0.413. The van der Waals surface area contributed by atoms with Gasteiger partial charge in [-0.25, -0.2) is 0 Å². The second-order valence-electron chi connectivity index (χ2n) is 5.71. The molecule has 1 fully saturated rings. The van der Waals surface area contributed by atoms with Crippen molar-refractivity contribution in [2.75, 3.05) is 40.3 Å². The summed E-state index contributed by atoms with van der Waals surface area (Å²) >= 11 is 0. The number of aryl methyl sites for hydroxylation is 1. The minimum atomic E-state index is -0.588. The van der Waals surface area contributed by atoms with Crippen molar-refractivity contribution in [3.05, 3.63) is 18.0 Å². The first-order valence-corrected chi connectivity index (χ1v) is 7.38. The van der Waals surface area contributed by atoms with Gasteiger partial charge in [0.2, 0.25) is 0 Å². The molecule has 2 heterocycles. The summed E-state index contributed by atoms with van der Waals surface area (Å²) in [6.45, 7) is 3.61. The Morgan fingerprint density at radius 3 is 2.90 bits per heavy atom. The van der Waals surface area contributed by atoms with Crippen LogP contribution in [0.25, 0.3) is 0 Å². The molecule has 7 heteroatoms. The van der Waals surface area contributed by atoms with Gasteiger partial charge >= 0.3 is 0 Å². The third-order valence-electron chi connectivity index (χ3n) is 3.84. The number of likely N-dealkylation sites (tertiary alicyclic amines) is 1. The van der Waals surface area contributed by atoms with Crippen LogP contribution in [0.1, 0.15) is 18.1 Å². The Morgan fingerprint density at radius 2 is 2.33 bits per heavy atom. The lowest BCUT2D eigenvalue weighted by Gasteiger charge is -2.17. The van der Waals surface area contributed by atoms with Crippen LogP contribution in [0.5, 0.6) is 0 Å². The maximum Gasteiger partial charge on any atom is 0.191 e. The Kier molecular flexibility index (Phi) is 5.58. The van der Waals surface area contributed by atoms with Gasteiger partial charge in [-0.2, -0.15) is 5.10 Å². The summed E-state index contributed by atoms with van der Waals surface area (Å²) in [5.41, 5.74) is 0.804. The topological polar surface area (TPSA) is 77.7 Å². The molecule has 1 aromatic heterocycles. The zero-order valence-electron chi connectivity index (χ0n) is 13.1. The number of aromatic nitrogens is 2. The van der Waals surface area contributed by atoms with Gasteiger partial charge < -0.3 is 20.6 Å². The molecule has 0 amide bonds. The standard InChI is InChI=1S/C14H26N6O/c1-15-14(16-6-11-4-5-19(2)9-11)17-8-13(21)12-7-18-20(3)10-12/h7,10-11,13,21H,4-6,8-9H2,1-3H3,(H2,15,16,17). The fraction of sp³-hybridized carbons (Fsp3) is 0.714. The van der Waals surface area contributed by atoms with E-state index in [1.54, 1.807) is 17.9 Å². The van der Waals surface area contributed by atoms with Crippen LogP contribution in [0.3, 0.4) is 0 Å². The van der Waals surface area contributed by atoms with Gasteiger partial charge in [-0.3, -0.25) is 9.67 Å². The zero-order chi connectivity index (χ0) is 15.2. The first-order chi connectivity index (χ1) is 10.1. The van der Waals surface area contributed by atoms with E-state index in [2.05, 4.69) is 32.7 Å². The molecule has 1 aliphatic rings. The molecule has 1 aromatic rings. The van der Waals surface area contributed by atoms with Gasteiger partial charge in [-0.05, 0) is 25.9 Å². The molecule has 1 saturated heterocycles. The van der Waals surface area contributed by atoms with E-state index in [1.807, 2.05) is 13.2 Å². The molecule has 0 saturated carbocycles. The number of hydrogen-bond acceptors (Lipinski definition) is 4. The summed E-state index contributed by atoms with van der Waals surface area (Å²) < 4.78 is 1.68. The molecule has 0 spiro atoms. The average Bonchev–Trinajstić information content (AvgIpc) is 3.07. The number of guanidine groups is 1. The molecule has 2 unspecified atom stereocenters. The van der Waals surface area contributed by atoms with Gasteiger partial charge in [0.25, 0.3) is 0 Å². The summed E-state index contributed by atoms with van der Waals surface area (Å²) in [5.74, 6) is 1.39. The Balaban J connectivity index is 1.72. The van der Waals surface area contributed by atoms with E-state index in [-0.39, 0.29) is 0 Å². The number of rotatable bonds is 5. The van der Waals surface area contributed by atoms with Gasteiger partial charge in [0, 0.05) is 45.5 Å². The van der Waals surface area contributed by atoms with E-state index in [4.69, 9.17) is 0 Å². The molecular formula is C14H26N6O. The maximum absolute atomic E-state index is 10.1. The largest absolute Gasteiger partial charge is 0.386 e. The lowest BCUT2D eigenvalue weighted by Crippen LogP contribution is -2.41. The lowest BCUT2D eigenvalue weighted by molar-refractivity contribution is 0.180. The summed E-state index contributed by atoms with van der Waals surface area (Å²) in [6.07, 6.45) is 4.13. The number of aliphatic hydroxyl groups is 1. The Morgan fingerprint density at radius 1 is 1.52 bits per heavy atom. The van der Waals surface area contributed by atoms with E-state index < -0.39 is 6.10 Å². The first kappa shape index (κ1) is 15.8. The van der Waals surface area contributed by atoms with Crippen molar-refractivity contribution in [1.82, 2.24) is 25.3 Å². The van der Waals surface area contributed by atoms with Gasteiger partial charge in [-0.1, -0.05) is 0 Å². The average molecular weight is 294 g/mol. The molecule has 0 aliphatic carbocycles. The van der Waals surface area contributed by atoms with Gasteiger partial charge in [0.05, 0.1) is 12.3 Å². The molecule has 2 atom stereocenters. The molecule has 3 N–H and O–H groups in total. The fourth-order valence-corrected chi connectivity index (χ4v) is 2.58. The van der Waals surface area contributed by atoms with Gasteiger partial charge in [0.15, 0.2) is 5.96 Å². The van der Waals surface area contributed by atoms with Crippen LogP contribution in [0, 0.1) is 5.92 Å². The third kappa shape index (κ3) is 4.71. The molecule has 118 valence electrons. The SMILES string of the molecule is CN=C(NCC1CCN(C)C1)NCC(O)c1cnn(C)c1. The fourth-order valence-electron chi connectivity index (χ4n) is 2.58. The smallest absolute Gasteiger partial charge is 0.191 e. The van der Waals surface area contributed by atoms with Crippen molar-refractivity contribution in [2.24, 2.45) is 18.0 Å². The minimum Gasteiger partial charge on any atom is -0.386 e. The second-order valence-corrected chi connectivity index (χ2v) is 5.71. The normalized spacial score (nSPS) is 21.5. The summed E-state index contributed by atoms with van der Waals surface area (Å²) in [6, 6.07) is 0. The highest BCUT2D eigenvalue weighted by Crippen LogP contribution is 2.13. The van der Waals surface area contributed by atoms with Crippen LogP contribution >= 0.6 is 0 Å². The van der Waals surface area contributed by atoms with Crippen LogP contribution in [0.15, 0.2) is 17.4 Å². The highest BCUT2D eigenvalue weighted by molar-refractivity contribution is 5.79. The number of aliphatic imine (C=N–C) groups is 1.